The van der Waals surface area contributed by atoms with E-state index in [2.05, 4.69) is 48.7 Å². The van der Waals surface area contributed by atoms with Gasteiger partial charge in [-0.15, -0.1) is 0 Å². The lowest BCUT2D eigenvalue weighted by molar-refractivity contribution is 0.524. The van der Waals surface area contributed by atoms with Gasteiger partial charge in [0.05, 0.1) is 0 Å². The summed E-state index contributed by atoms with van der Waals surface area (Å²) in [5.74, 6) is 0.940. The van der Waals surface area contributed by atoms with Gasteiger partial charge in [0, 0.05) is 12.6 Å². The molecule has 1 fully saturated rings. The molecule has 1 nitrogen and oxygen atoms in total. The fourth-order valence-corrected chi connectivity index (χ4v) is 1.78. The summed E-state index contributed by atoms with van der Waals surface area (Å²) in [6.07, 6.45) is 7.20. The average molecular weight is 201 g/mol. The highest BCUT2D eigenvalue weighted by Gasteiger charge is 2.26. The smallest absolute Gasteiger partial charge is 0.0140 e. The van der Waals surface area contributed by atoms with Gasteiger partial charge >= 0.3 is 0 Å². The molecule has 15 heavy (non-hydrogen) atoms. The van der Waals surface area contributed by atoms with Crippen molar-refractivity contribution in [1.29, 1.82) is 0 Å². The molecule has 1 aliphatic carbocycles. The summed E-state index contributed by atoms with van der Waals surface area (Å²) < 4.78 is 0. The van der Waals surface area contributed by atoms with Crippen molar-refractivity contribution in [3.63, 3.8) is 0 Å². The van der Waals surface area contributed by atoms with Gasteiger partial charge < -0.3 is 5.32 Å². The lowest BCUT2D eigenvalue weighted by atomic mass is 10.2. The second-order valence-corrected chi connectivity index (χ2v) is 4.35. The SMILES string of the molecule is CC(NCC=Cc1ccccc1)C1CC1. The molecule has 0 radical (unpaired) electrons. The van der Waals surface area contributed by atoms with Gasteiger partial charge in [-0.3, -0.25) is 0 Å². The van der Waals surface area contributed by atoms with E-state index in [1.807, 2.05) is 6.07 Å². The molecule has 80 valence electrons. The summed E-state index contributed by atoms with van der Waals surface area (Å²) >= 11 is 0. The Morgan fingerprint density at radius 2 is 2.07 bits per heavy atom. The van der Waals surface area contributed by atoms with E-state index >= 15 is 0 Å². The Hall–Kier alpha value is -1.08. The third-order valence-corrected chi connectivity index (χ3v) is 3.00. The molecule has 2 rings (SSSR count). The quantitative estimate of drug-likeness (QED) is 0.772. The van der Waals surface area contributed by atoms with Crippen molar-refractivity contribution >= 4 is 6.08 Å². The van der Waals surface area contributed by atoms with Crippen LogP contribution in [-0.4, -0.2) is 12.6 Å². The first-order valence-electron chi connectivity index (χ1n) is 5.81. The Labute approximate surface area is 92.2 Å². The summed E-state index contributed by atoms with van der Waals surface area (Å²) in [6, 6.07) is 11.1. The van der Waals surface area contributed by atoms with Gasteiger partial charge in [0.25, 0.3) is 0 Å². The lowest BCUT2D eigenvalue weighted by Crippen LogP contribution is -2.27. The van der Waals surface area contributed by atoms with Crippen LogP contribution in [0.5, 0.6) is 0 Å². The number of rotatable bonds is 5. The largest absolute Gasteiger partial charge is 0.311 e. The first kappa shape index (κ1) is 10.4. The van der Waals surface area contributed by atoms with Gasteiger partial charge in [0.1, 0.15) is 0 Å². The predicted molar refractivity (Wildman–Crippen MR) is 65.7 cm³/mol. The summed E-state index contributed by atoms with van der Waals surface area (Å²) in [4.78, 5) is 0. The molecule has 0 amide bonds. The van der Waals surface area contributed by atoms with Crippen LogP contribution in [0, 0.1) is 5.92 Å². The van der Waals surface area contributed by atoms with E-state index in [1.165, 1.54) is 18.4 Å². The van der Waals surface area contributed by atoms with Crippen molar-refractivity contribution in [2.24, 2.45) is 5.92 Å². The Bertz CT molecular complexity index is 311. The molecule has 0 bridgehead atoms. The lowest BCUT2D eigenvalue weighted by Gasteiger charge is -2.09. The zero-order valence-corrected chi connectivity index (χ0v) is 9.32. The maximum atomic E-state index is 3.53. The second-order valence-electron chi connectivity index (χ2n) is 4.35. The second kappa shape index (κ2) is 5.13. The molecule has 1 aromatic carbocycles. The van der Waals surface area contributed by atoms with E-state index in [9.17, 15) is 0 Å². The molecular weight excluding hydrogens is 182 g/mol. The van der Waals surface area contributed by atoms with Crippen LogP contribution in [0.15, 0.2) is 36.4 Å². The number of benzene rings is 1. The summed E-state index contributed by atoms with van der Waals surface area (Å²) in [5, 5.41) is 3.53. The van der Waals surface area contributed by atoms with Crippen LogP contribution in [-0.2, 0) is 0 Å². The van der Waals surface area contributed by atoms with Crippen LogP contribution in [0.4, 0.5) is 0 Å². The molecule has 1 atom stereocenters. The molecule has 1 unspecified atom stereocenters. The molecule has 0 heterocycles. The van der Waals surface area contributed by atoms with Gasteiger partial charge in [-0.25, -0.2) is 0 Å². The Balaban J connectivity index is 1.71. The van der Waals surface area contributed by atoms with E-state index < -0.39 is 0 Å². The highest BCUT2D eigenvalue weighted by Crippen LogP contribution is 2.32. The minimum absolute atomic E-state index is 0.686. The Morgan fingerprint density at radius 3 is 2.73 bits per heavy atom. The number of hydrogen-bond acceptors (Lipinski definition) is 1. The van der Waals surface area contributed by atoms with E-state index in [0.29, 0.717) is 6.04 Å². The van der Waals surface area contributed by atoms with Crippen LogP contribution in [0.25, 0.3) is 6.08 Å². The highest BCUT2D eigenvalue weighted by atomic mass is 14.9. The summed E-state index contributed by atoms with van der Waals surface area (Å²) in [7, 11) is 0. The zero-order chi connectivity index (χ0) is 10.5. The molecule has 0 aromatic heterocycles. The zero-order valence-electron chi connectivity index (χ0n) is 9.32. The molecule has 0 aliphatic heterocycles. The maximum Gasteiger partial charge on any atom is 0.0140 e. The molecular formula is C14H19N. The van der Waals surface area contributed by atoms with E-state index in [1.54, 1.807) is 0 Å². The van der Waals surface area contributed by atoms with E-state index in [4.69, 9.17) is 0 Å². The van der Waals surface area contributed by atoms with Gasteiger partial charge in [0.2, 0.25) is 0 Å². The van der Waals surface area contributed by atoms with Crippen molar-refractivity contribution in [2.75, 3.05) is 6.54 Å². The molecule has 1 aliphatic rings. The van der Waals surface area contributed by atoms with Gasteiger partial charge in [-0.2, -0.15) is 0 Å². The molecule has 1 saturated carbocycles. The molecule has 0 saturated heterocycles. The molecule has 1 aromatic rings. The fraction of sp³-hybridized carbons (Fsp3) is 0.429. The molecule has 1 N–H and O–H groups in total. The van der Waals surface area contributed by atoms with Crippen LogP contribution >= 0.6 is 0 Å². The van der Waals surface area contributed by atoms with Crippen molar-refractivity contribution in [1.82, 2.24) is 5.32 Å². The normalized spacial score (nSPS) is 18.2. The average Bonchev–Trinajstić information content (AvgIpc) is 3.09. The van der Waals surface area contributed by atoms with Crippen LogP contribution in [0.2, 0.25) is 0 Å². The topological polar surface area (TPSA) is 12.0 Å². The molecule has 1 heteroatoms. The van der Waals surface area contributed by atoms with E-state index in [0.717, 1.165) is 12.5 Å². The van der Waals surface area contributed by atoms with Crippen molar-refractivity contribution in [3.8, 4) is 0 Å². The van der Waals surface area contributed by atoms with E-state index in [-0.39, 0.29) is 0 Å². The number of hydrogen-bond donors (Lipinski definition) is 1. The van der Waals surface area contributed by atoms with Crippen LogP contribution in [0.3, 0.4) is 0 Å². The van der Waals surface area contributed by atoms with Crippen LogP contribution in [0.1, 0.15) is 25.3 Å². The summed E-state index contributed by atoms with van der Waals surface area (Å²) in [5.41, 5.74) is 1.28. The third kappa shape index (κ3) is 3.52. The van der Waals surface area contributed by atoms with Gasteiger partial charge in [-0.05, 0) is 31.2 Å². The maximum absolute atomic E-state index is 3.53. The van der Waals surface area contributed by atoms with Crippen LogP contribution < -0.4 is 5.32 Å². The predicted octanol–water partition coefficient (Wildman–Crippen LogP) is 3.09. The van der Waals surface area contributed by atoms with Crippen molar-refractivity contribution in [3.05, 3.63) is 42.0 Å². The standard InChI is InChI=1S/C14H19N/c1-12(14-9-10-14)15-11-5-8-13-6-3-2-4-7-13/h2-8,12,14-15H,9-11H2,1H3. The van der Waals surface area contributed by atoms with Crippen molar-refractivity contribution < 1.29 is 0 Å². The minimum Gasteiger partial charge on any atom is -0.311 e. The molecule has 0 spiro atoms. The third-order valence-electron chi connectivity index (χ3n) is 3.00. The summed E-state index contributed by atoms with van der Waals surface area (Å²) in [6.45, 7) is 3.26. The van der Waals surface area contributed by atoms with Crippen molar-refractivity contribution in [2.45, 2.75) is 25.8 Å². The highest BCUT2D eigenvalue weighted by molar-refractivity contribution is 5.48. The monoisotopic (exact) mass is 201 g/mol. The first-order valence-corrected chi connectivity index (χ1v) is 5.81. The fourth-order valence-electron chi connectivity index (χ4n) is 1.78. The van der Waals surface area contributed by atoms with Gasteiger partial charge in [-0.1, -0.05) is 42.5 Å². The Morgan fingerprint density at radius 1 is 1.33 bits per heavy atom. The first-order chi connectivity index (χ1) is 7.36. The number of nitrogens with one attached hydrogen (secondary N) is 1. The van der Waals surface area contributed by atoms with Gasteiger partial charge in [0.15, 0.2) is 0 Å². The minimum atomic E-state index is 0.686. The Kier molecular flexibility index (Phi) is 3.57.